The molecule has 1 N–H and O–H groups in total. The van der Waals surface area contributed by atoms with E-state index in [4.69, 9.17) is 0 Å². The molecule has 1 radical (unpaired) electrons. The molecule has 0 saturated heterocycles. The van der Waals surface area contributed by atoms with Crippen LogP contribution in [0.4, 0.5) is 0 Å². The third-order valence-corrected chi connectivity index (χ3v) is 13.5. The van der Waals surface area contributed by atoms with Gasteiger partial charge in [0.1, 0.15) is 0 Å². The maximum absolute atomic E-state index is 3.92. The number of fused-ring (bicyclic) bond motifs is 2. The van der Waals surface area contributed by atoms with Gasteiger partial charge >= 0.3 is 0 Å². The van der Waals surface area contributed by atoms with Crippen LogP contribution in [0.15, 0.2) is 65.5 Å². The first-order valence-electron chi connectivity index (χ1n) is 18.1. The fourth-order valence-electron chi connectivity index (χ4n) is 10.1. The zero-order chi connectivity index (χ0) is 32.9. The van der Waals surface area contributed by atoms with Crippen LogP contribution in [0.3, 0.4) is 0 Å². The summed E-state index contributed by atoms with van der Waals surface area (Å²) in [5, 5.41) is 5.54. The molecule has 1 aliphatic heterocycles. The van der Waals surface area contributed by atoms with Crippen LogP contribution >= 0.6 is 0 Å². The number of nitrogens with one attached hydrogen (secondary N) is 1. The molecule has 6 rings (SSSR count). The number of hydrogen-bond donors (Lipinski definition) is 1. The van der Waals surface area contributed by atoms with Crippen molar-refractivity contribution in [1.29, 1.82) is 0 Å². The lowest BCUT2D eigenvalue weighted by molar-refractivity contribution is 0.0719. The van der Waals surface area contributed by atoms with E-state index in [0.29, 0.717) is 0 Å². The summed E-state index contributed by atoms with van der Waals surface area (Å²) in [6.07, 6.45) is 13.7. The zero-order valence-electron chi connectivity index (χ0n) is 30.4. The van der Waals surface area contributed by atoms with Crippen molar-refractivity contribution in [3.8, 4) is 0 Å². The lowest BCUT2D eigenvalue weighted by Crippen LogP contribution is -2.56. The largest absolute Gasteiger partial charge is 0.381 e. The van der Waals surface area contributed by atoms with Crippen molar-refractivity contribution >= 4 is 31.9 Å². The molecular weight excluding hydrogens is 569 g/mol. The molecule has 3 aromatic carbocycles. The molecule has 3 aliphatic rings. The van der Waals surface area contributed by atoms with Gasteiger partial charge in [-0.1, -0.05) is 138 Å². The van der Waals surface area contributed by atoms with Crippen LogP contribution in [-0.4, -0.2) is 15.5 Å². The molecule has 2 aliphatic carbocycles. The first-order valence-corrected chi connectivity index (χ1v) is 20.6. The summed E-state index contributed by atoms with van der Waals surface area (Å²) in [5.41, 5.74) is 17.0. The highest BCUT2D eigenvalue weighted by Gasteiger charge is 2.39. The lowest BCUT2D eigenvalue weighted by Gasteiger charge is -2.45. The van der Waals surface area contributed by atoms with Crippen molar-refractivity contribution in [2.75, 3.05) is 0 Å². The smallest absolute Gasteiger partial charge is 0.242 e. The molecule has 1 heterocycles. The first kappa shape index (κ1) is 33.1. The van der Waals surface area contributed by atoms with Crippen molar-refractivity contribution < 1.29 is 0 Å². The highest BCUT2D eigenvalue weighted by atomic mass is 28.3. The van der Waals surface area contributed by atoms with Crippen LogP contribution in [0.5, 0.6) is 0 Å². The number of allylic oxidation sites excluding steroid dienone is 2. The minimum absolute atomic E-state index is 0.196. The average Bonchev–Trinajstić information content (AvgIpc) is 2.98. The Bertz CT molecular complexity index is 1570. The first-order chi connectivity index (χ1) is 21.9. The Labute approximate surface area is 283 Å². The Morgan fingerprint density at radius 1 is 0.761 bits per heavy atom. The second-order valence-electron chi connectivity index (χ2n) is 15.9. The van der Waals surface area contributed by atoms with E-state index in [9.17, 15) is 0 Å². The Hall–Kier alpha value is -2.78. The van der Waals surface area contributed by atoms with E-state index in [1.165, 1.54) is 99.4 Å². The predicted molar refractivity (Wildman–Crippen MR) is 204 cm³/mol. The molecule has 2 saturated carbocycles. The monoisotopic (exact) mass is 626 g/mol. The minimum atomic E-state index is -0.574. The van der Waals surface area contributed by atoms with E-state index in [1.807, 2.05) is 0 Å². The van der Waals surface area contributed by atoms with Gasteiger partial charge in [-0.25, -0.2) is 0 Å². The van der Waals surface area contributed by atoms with Gasteiger partial charge in [0.15, 0.2) is 0 Å². The Morgan fingerprint density at radius 2 is 1.37 bits per heavy atom. The van der Waals surface area contributed by atoms with Crippen LogP contribution in [0.2, 0.25) is 13.1 Å². The van der Waals surface area contributed by atoms with Gasteiger partial charge in [-0.2, -0.15) is 0 Å². The summed E-state index contributed by atoms with van der Waals surface area (Å²) in [6.45, 7) is 23.7. The van der Waals surface area contributed by atoms with E-state index >= 15 is 0 Å². The zero-order valence-corrected chi connectivity index (χ0v) is 31.4. The Kier molecular flexibility index (Phi) is 9.64. The van der Waals surface area contributed by atoms with E-state index in [1.54, 1.807) is 10.8 Å². The SMILES string of the molecule is Cc1cc(C)c(B(c2ccc(C)c(C3C=C(CC4C5CCCC(C5)C[C@H]4C)C([Si](C)C)=CN3)c2)c2c(C)cc(C)cc2C)c(C)c1. The quantitative estimate of drug-likeness (QED) is 0.258. The molecule has 0 amide bonds. The van der Waals surface area contributed by atoms with Crippen molar-refractivity contribution in [2.45, 2.75) is 113 Å². The van der Waals surface area contributed by atoms with Crippen molar-refractivity contribution in [1.82, 2.24) is 5.32 Å². The van der Waals surface area contributed by atoms with E-state index in [-0.39, 0.29) is 12.8 Å². The van der Waals surface area contributed by atoms with Crippen LogP contribution in [0.25, 0.3) is 0 Å². The number of rotatable bonds is 7. The molecule has 2 bridgehead atoms. The number of aryl methyl sites for hydroxylation is 7. The second kappa shape index (κ2) is 13.4. The van der Waals surface area contributed by atoms with Crippen molar-refractivity contribution in [3.63, 3.8) is 0 Å². The van der Waals surface area contributed by atoms with Gasteiger partial charge in [0, 0.05) is 0 Å². The highest BCUT2D eigenvalue weighted by molar-refractivity contribution is 6.96. The summed E-state index contributed by atoms with van der Waals surface area (Å²) in [6, 6.07) is 17.1. The molecule has 2 fully saturated rings. The molecule has 3 heteroatoms. The van der Waals surface area contributed by atoms with Crippen molar-refractivity contribution in [3.05, 3.63) is 110 Å². The van der Waals surface area contributed by atoms with Crippen LogP contribution < -0.4 is 21.7 Å². The lowest BCUT2D eigenvalue weighted by atomic mass is 9.34. The van der Waals surface area contributed by atoms with Crippen LogP contribution in [0.1, 0.15) is 96.0 Å². The van der Waals surface area contributed by atoms with E-state index in [2.05, 4.69) is 129 Å². The molecule has 4 unspecified atom stereocenters. The minimum Gasteiger partial charge on any atom is -0.381 e. The Balaban J connectivity index is 1.43. The maximum Gasteiger partial charge on any atom is 0.242 e. The summed E-state index contributed by atoms with van der Waals surface area (Å²) >= 11 is 0. The normalized spacial score (nSPS) is 24.4. The molecule has 0 spiro atoms. The summed E-state index contributed by atoms with van der Waals surface area (Å²) in [5.74, 6) is 3.60. The fourth-order valence-corrected chi connectivity index (χ4v) is 11.3. The van der Waals surface area contributed by atoms with Gasteiger partial charge in [-0.15, -0.1) is 0 Å². The maximum atomic E-state index is 3.92. The van der Waals surface area contributed by atoms with Gasteiger partial charge in [0.2, 0.25) is 6.71 Å². The summed E-state index contributed by atoms with van der Waals surface area (Å²) in [4.78, 5) is 0. The fraction of sp³-hybridized carbons (Fsp3) is 0.488. The topological polar surface area (TPSA) is 12.0 Å². The van der Waals surface area contributed by atoms with Gasteiger partial charge in [-0.3, -0.25) is 0 Å². The van der Waals surface area contributed by atoms with E-state index in [0.717, 1.165) is 23.7 Å². The molecule has 3 aromatic rings. The molecular formula is C43H57BNSi. The standard InChI is InChI=1S/C43H57BNSi/c1-26-16-30(5)42(31(6)17-26)44(43-32(7)18-27(2)19-33(43)8)37-15-14-28(3)39(24-37)40-23-36(41(25-45-40)46(9)10)22-38-29(4)20-34-12-11-13-35(38)21-34/h14-19,23-25,29,34-35,38,40,45H,11-13,20-22H2,1-10H3/t29-,34?,35?,38?,40?/m1/s1. The molecule has 241 valence electrons. The molecule has 1 nitrogen and oxygen atoms in total. The van der Waals surface area contributed by atoms with Gasteiger partial charge in [0.25, 0.3) is 0 Å². The van der Waals surface area contributed by atoms with Gasteiger partial charge in [0.05, 0.1) is 14.8 Å². The second-order valence-corrected chi connectivity index (χ2v) is 18.5. The van der Waals surface area contributed by atoms with Crippen LogP contribution in [0, 0.1) is 72.1 Å². The van der Waals surface area contributed by atoms with E-state index < -0.39 is 8.80 Å². The third-order valence-electron chi connectivity index (χ3n) is 12.0. The predicted octanol–water partition coefficient (Wildman–Crippen LogP) is 8.96. The molecule has 5 atom stereocenters. The van der Waals surface area contributed by atoms with Gasteiger partial charge < -0.3 is 5.32 Å². The summed E-state index contributed by atoms with van der Waals surface area (Å²) in [7, 11) is -0.574. The highest BCUT2D eigenvalue weighted by Crippen LogP contribution is 2.49. The number of hydrogen-bond acceptors (Lipinski definition) is 1. The number of dihydropyridines is 1. The summed E-state index contributed by atoms with van der Waals surface area (Å²) < 4.78 is 0. The molecule has 0 aromatic heterocycles. The Morgan fingerprint density at radius 3 is 1.96 bits per heavy atom. The van der Waals surface area contributed by atoms with Crippen LogP contribution in [-0.2, 0) is 0 Å². The number of benzene rings is 3. The average molecular weight is 627 g/mol. The van der Waals surface area contributed by atoms with Gasteiger partial charge in [-0.05, 0) is 119 Å². The van der Waals surface area contributed by atoms with Crippen molar-refractivity contribution in [2.24, 2.45) is 23.7 Å². The third kappa shape index (κ3) is 6.51. The molecule has 46 heavy (non-hydrogen) atoms.